The predicted molar refractivity (Wildman–Crippen MR) is 78.1 cm³/mol. The van der Waals surface area contributed by atoms with Crippen molar-refractivity contribution in [1.82, 2.24) is 5.32 Å². The van der Waals surface area contributed by atoms with Crippen LogP contribution >= 0.6 is 0 Å². The molecule has 0 fully saturated rings. The first-order valence-corrected chi connectivity index (χ1v) is 6.71. The Morgan fingerprint density at radius 2 is 2.17 bits per heavy atom. The van der Waals surface area contributed by atoms with Gasteiger partial charge in [0, 0.05) is 18.5 Å². The Labute approximate surface area is 111 Å². The van der Waals surface area contributed by atoms with Crippen LogP contribution in [0.25, 0.3) is 0 Å². The summed E-state index contributed by atoms with van der Waals surface area (Å²) in [6.45, 7) is 12.8. The Balaban J connectivity index is 2.64. The van der Waals surface area contributed by atoms with Crippen LogP contribution in [-0.4, -0.2) is 13.2 Å². The number of rotatable bonds is 8. The maximum absolute atomic E-state index is 5.91. The Kier molecular flexibility index (Phi) is 6.51. The van der Waals surface area contributed by atoms with E-state index < -0.39 is 0 Å². The highest BCUT2D eigenvalue weighted by atomic mass is 16.5. The summed E-state index contributed by atoms with van der Waals surface area (Å²) in [6.07, 6.45) is 2.06. The predicted octanol–water partition coefficient (Wildman–Crippen LogP) is 3.84. The second-order valence-electron chi connectivity index (χ2n) is 4.80. The molecule has 0 saturated carbocycles. The molecule has 0 saturated heterocycles. The van der Waals surface area contributed by atoms with Crippen LogP contribution in [0.4, 0.5) is 0 Å². The molecule has 0 atom stereocenters. The second-order valence-corrected chi connectivity index (χ2v) is 4.80. The molecule has 100 valence electrons. The van der Waals surface area contributed by atoms with Crippen molar-refractivity contribution in [2.45, 2.75) is 40.2 Å². The third kappa shape index (κ3) is 4.92. The number of ether oxygens (including phenoxy) is 1. The van der Waals surface area contributed by atoms with E-state index in [4.69, 9.17) is 4.74 Å². The summed E-state index contributed by atoms with van der Waals surface area (Å²) in [5.41, 5.74) is 3.60. The van der Waals surface area contributed by atoms with E-state index in [0.717, 1.165) is 37.3 Å². The molecule has 0 aliphatic carbocycles. The number of aryl methyl sites for hydroxylation is 1. The van der Waals surface area contributed by atoms with E-state index in [-0.39, 0.29) is 0 Å². The van der Waals surface area contributed by atoms with Gasteiger partial charge >= 0.3 is 0 Å². The van der Waals surface area contributed by atoms with Gasteiger partial charge < -0.3 is 10.1 Å². The lowest BCUT2D eigenvalue weighted by molar-refractivity contribution is 0.315. The standard InChI is InChI=1S/C16H25NO/c1-5-10-17-12-15-8-6-7-14(4)16(15)18-11-9-13(2)3/h6-8,17H,2,5,9-12H2,1,3-4H3. The first-order valence-electron chi connectivity index (χ1n) is 6.71. The van der Waals surface area contributed by atoms with Crippen molar-refractivity contribution in [3.8, 4) is 5.75 Å². The lowest BCUT2D eigenvalue weighted by atomic mass is 10.1. The molecule has 0 bridgehead atoms. The first kappa shape index (κ1) is 14.8. The number of nitrogens with one attached hydrogen (secondary N) is 1. The molecule has 0 aliphatic heterocycles. The minimum Gasteiger partial charge on any atom is -0.493 e. The van der Waals surface area contributed by atoms with Crippen molar-refractivity contribution in [2.24, 2.45) is 0 Å². The van der Waals surface area contributed by atoms with Gasteiger partial charge in [-0.2, -0.15) is 0 Å². The zero-order valence-corrected chi connectivity index (χ0v) is 11.9. The monoisotopic (exact) mass is 247 g/mol. The lowest BCUT2D eigenvalue weighted by Crippen LogP contribution is -2.15. The van der Waals surface area contributed by atoms with Crippen molar-refractivity contribution in [3.63, 3.8) is 0 Å². The van der Waals surface area contributed by atoms with Gasteiger partial charge in [0.05, 0.1) is 6.61 Å². The molecular formula is C16H25NO. The Bertz CT molecular complexity index is 385. The minimum absolute atomic E-state index is 0.709. The fourth-order valence-corrected chi connectivity index (χ4v) is 1.79. The summed E-state index contributed by atoms with van der Waals surface area (Å²) in [7, 11) is 0. The van der Waals surface area contributed by atoms with E-state index >= 15 is 0 Å². The molecule has 2 nitrogen and oxygen atoms in total. The Hall–Kier alpha value is -1.28. The Morgan fingerprint density at radius 3 is 2.83 bits per heavy atom. The first-order chi connectivity index (χ1) is 8.65. The smallest absolute Gasteiger partial charge is 0.126 e. The van der Waals surface area contributed by atoms with Gasteiger partial charge in [0.2, 0.25) is 0 Å². The van der Waals surface area contributed by atoms with Crippen LogP contribution in [0.5, 0.6) is 5.75 Å². The summed E-state index contributed by atoms with van der Waals surface area (Å²) < 4.78 is 5.91. The zero-order valence-electron chi connectivity index (χ0n) is 11.9. The van der Waals surface area contributed by atoms with E-state index in [1.807, 2.05) is 6.92 Å². The van der Waals surface area contributed by atoms with E-state index in [1.165, 1.54) is 11.1 Å². The molecule has 0 aromatic heterocycles. The maximum atomic E-state index is 5.91. The van der Waals surface area contributed by atoms with Gasteiger partial charge in [-0.25, -0.2) is 0 Å². The van der Waals surface area contributed by atoms with Crippen LogP contribution in [-0.2, 0) is 6.54 Å². The fourth-order valence-electron chi connectivity index (χ4n) is 1.79. The third-order valence-corrected chi connectivity index (χ3v) is 2.81. The average molecular weight is 247 g/mol. The highest BCUT2D eigenvalue weighted by Gasteiger charge is 2.06. The molecule has 0 radical (unpaired) electrons. The second kappa shape index (κ2) is 7.93. The van der Waals surface area contributed by atoms with Gasteiger partial charge in [-0.3, -0.25) is 0 Å². The van der Waals surface area contributed by atoms with E-state index in [9.17, 15) is 0 Å². The molecule has 0 amide bonds. The summed E-state index contributed by atoms with van der Waals surface area (Å²) >= 11 is 0. The van der Waals surface area contributed by atoms with Gasteiger partial charge in [0.1, 0.15) is 5.75 Å². The van der Waals surface area contributed by atoms with Crippen LogP contribution in [0, 0.1) is 6.92 Å². The largest absolute Gasteiger partial charge is 0.493 e. The quantitative estimate of drug-likeness (QED) is 0.556. The van der Waals surface area contributed by atoms with Gasteiger partial charge in [-0.1, -0.05) is 30.7 Å². The fraction of sp³-hybridized carbons (Fsp3) is 0.500. The molecule has 1 aromatic rings. The number of para-hydroxylation sites is 1. The van der Waals surface area contributed by atoms with Gasteiger partial charge in [0.15, 0.2) is 0 Å². The van der Waals surface area contributed by atoms with Crippen molar-refractivity contribution < 1.29 is 4.74 Å². The molecule has 18 heavy (non-hydrogen) atoms. The average Bonchev–Trinajstić information content (AvgIpc) is 2.32. The van der Waals surface area contributed by atoms with Crippen molar-refractivity contribution in [1.29, 1.82) is 0 Å². The van der Waals surface area contributed by atoms with Crippen LogP contribution in [0.2, 0.25) is 0 Å². The summed E-state index contributed by atoms with van der Waals surface area (Å²) in [4.78, 5) is 0. The molecule has 0 aliphatic rings. The van der Waals surface area contributed by atoms with Crippen molar-refractivity contribution in [2.75, 3.05) is 13.2 Å². The SMILES string of the molecule is C=C(C)CCOc1c(C)cccc1CNCCC. The Morgan fingerprint density at radius 1 is 1.39 bits per heavy atom. The van der Waals surface area contributed by atoms with Crippen molar-refractivity contribution in [3.05, 3.63) is 41.5 Å². The summed E-state index contributed by atoms with van der Waals surface area (Å²) in [6, 6.07) is 6.31. The molecular weight excluding hydrogens is 222 g/mol. The molecule has 1 N–H and O–H groups in total. The summed E-state index contributed by atoms with van der Waals surface area (Å²) in [5.74, 6) is 1.03. The number of hydrogen-bond donors (Lipinski definition) is 1. The highest BCUT2D eigenvalue weighted by molar-refractivity contribution is 5.40. The third-order valence-electron chi connectivity index (χ3n) is 2.81. The van der Waals surface area contributed by atoms with Gasteiger partial charge in [-0.15, -0.1) is 6.58 Å². The normalized spacial score (nSPS) is 10.4. The minimum atomic E-state index is 0.709. The highest BCUT2D eigenvalue weighted by Crippen LogP contribution is 2.23. The van der Waals surface area contributed by atoms with Crippen LogP contribution < -0.4 is 10.1 Å². The lowest BCUT2D eigenvalue weighted by Gasteiger charge is -2.14. The molecule has 0 unspecified atom stereocenters. The van der Waals surface area contributed by atoms with Crippen LogP contribution in [0.3, 0.4) is 0 Å². The van der Waals surface area contributed by atoms with Crippen LogP contribution in [0.15, 0.2) is 30.4 Å². The van der Waals surface area contributed by atoms with Gasteiger partial charge in [-0.05, 0) is 32.4 Å². The maximum Gasteiger partial charge on any atom is 0.126 e. The summed E-state index contributed by atoms with van der Waals surface area (Å²) in [5, 5.41) is 3.42. The van der Waals surface area contributed by atoms with E-state index in [0.29, 0.717) is 6.61 Å². The zero-order chi connectivity index (χ0) is 13.4. The van der Waals surface area contributed by atoms with Crippen LogP contribution in [0.1, 0.15) is 37.8 Å². The molecule has 0 spiro atoms. The molecule has 2 heteroatoms. The number of benzene rings is 1. The molecule has 1 rings (SSSR count). The number of hydrogen-bond acceptors (Lipinski definition) is 2. The van der Waals surface area contributed by atoms with E-state index in [1.54, 1.807) is 0 Å². The van der Waals surface area contributed by atoms with E-state index in [2.05, 4.69) is 43.9 Å². The topological polar surface area (TPSA) is 21.3 Å². The van der Waals surface area contributed by atoms with Crippen molar-refractivity contribution >= 4 is 0 Å². The molecule has 0 heterocycles. The van der Waals surface area contributed by atoms with Gasteiger partial charge in [0.25, 0.3) is 0 Å². The molecule has 1 aromatic carbocycles.